The van der Waals surface area contributed by atoms with Gasteiger partial charge < -0.3 is 24.1 Å². The third-order valence-electron chi connectivity index (χ3n) is 12.1. The molecule has 0 spiro atoms. The predicted octanol–water partition coefficient (Wildman–Crippen LogP) is 7.37. The van der Waals surface area contributed by atoms with Crippen molar-refractivity contribution in [3.63, 3.8) is 0 Å². The van der Waals surface area contributed by atoms with Crippen LogP contribution in [0, 0.1) is 28.6 Å². The second kappa shape index (κ2) is 11.0. The van der Waals surface area contributed by atoms with Gasteiger partial charge in [0, 0.05) is 23.5 Å². The van der Waals surface area contributed by atoms with Crippen molar-refractivity contribution in [2.75, 3.05) is 26.8 Å². The van der Waals surface area contributed by atoms with E-state index in [1.807, 2.05) is 25.6 Å². The molecule has 6 heteroatoms. The topological polar surface area (TPSA) is 57.2 Å². The van der Waals surface area contributed by atoms with Crippen LogP contribution in [-0.2, 0) is 18.9 Å². The molecule has 1 N–H and O–H groups in total. The van der Waals surface area contributed by atoms with Gasteiger partial charge in [-0.25, -0.2) is 0 Å². The highest BCUT2D eigenvalue weighted by Crippen LogP contribution is 2.74. The first kappa shape index (κ1) is 29.2. The molecule has 5 nitrogen and oxygen atoms in total. The second-order valence-electron chi connectivity index (χ2n) is 13.6. The lowest BCUT2D eigenvalue weighted by molar-refractivity contribution is -0.269. The summed E-state index contributed by atoms with van der Waals surface area (Å²) in [5.74, 6) is 1.60. The standard InChI is InChI=1S/C34H50O5S/c1-5-36-23-38-26-14-16-30(3)25(22-26)12-13-29-28(30)15-17-31(4)33(29,39-24-37-6-2)20-21-34(31,35)32(18-19-32)40-27-10-8-7-9-11-27/h7-11,20-21,25-26,28-29,35H,5-6,12-19,22-24H2,1-4H3/t25-,26+,28+,29-,30+,31+,33+,34?/m1/s1. The fourth-order valence-electron chi connectivity index (χ4n) is 9.63. The van der Waals surface area contributed by atoms with Gasteiger partial charge in [-0.05, 0) is 107 Å². The van der Waals surface area contributed by atoms with Gasteiger partial charge in [0.2, 0.25) is 0 Å². The van der Waals surface area contributed by atoms with Crippen molar-refractivity contribution in [2.45, 2.75) is 112 Å². The Morgan fingerprint density at radius 1 is 0.850 bits per heavy atom. The van der Waals surface area contributed by atoms with Gasteiger partial charge in [0.1, 0.15) is 24.8 Å². The van der Waals surface area contributed by atoms with Crippen LogP contribution in [0.2, 0.25) is 0 Å². The molecule has 0 aromatic heterocycles. The molecule has 4 fully saturated rings. The van der Waals surface area contributed by atoms with E-state index in [2.05, 4.69) is 56.3 Å². The normalized spacial score (nSPS) is 43.1. The number of rotatable bonds is 11. The van der Waals surface area contributed by atoms with Crippen LogP contribution < -0.4 is 0 Å². The van der Waals surface area contributed by atoms with Crippen molar-refractivity contribution in [2.24, 2.45) is 28.6 Å². The number of aliphatic hydroxyl groups is 1. The highest BCUT2D eigenvalue weighted by Gasteiger charge is 2.77. The maximum atomic E-state index is 12.9. The Bertz CT molecular complexity index is 1060. The molecule has 6 rings (SSSR count). The van der Waals surface area contributed by atoms with E-state index in [1.165, 1.54) is 17.7 Å². The molecule has 1 aromatic rings. The molecule has 4 saturated carbocycles. The van der Waals surface area contributed by atoms with Crippen molar-refractivity contribution in [3.05, 3.63) is 42.5 Å². The summed E-state index contributed by atoms with van der Waals surface area (Å²) in [7, 11) is 0. The number of ether oxygens (including phenoxy) is 4. The summed E-state index contributed by atoms with van der Waals surface area (Å²) in [4.78, 5) is 1.24. The Morgan fingerprint density at radius 3 is 2.33 bits per heavy atom. The minimum Gasteiger partial charge on any atom is -0.384 e. The van der Waals surface area contributed by atoms with Crippen molar-refractivity contribution < 1.29 is 24.1 Å². The predicted molar refractivity (Wildman–Crippen MR) is 159 cm³/mol. The maximum Gasteiger partial charge on any atom is 0.147 e. The number of hydrogen-bond donors (Lipinski definition) is 1. The van der Waals surface area contributed by atoms with Crippen LogP contribution >= 0.6 is 11.8 Å². The monoisotopic (exact) mass is 570 g/mol. The minimum absolute atomic E-state index is 0.208. The molecule has 40 heavy (non-hydrogen) atoms. The number of fused-ring (bicyclic) bond motifs is 5. The lowest BCUT2D eigenvalue weighted by Crippen LogP contribution is -2.69. The first-order chi connectivity index (χ1) is 19.3. The maximum absolute atomic E-state index is 12.9. The van der Waals surface area contributed by atoms with E-state index < -0.39 is 16.6 Å². The summed E-state index contributed by atoms with van der Waals surface area (Å²) in [6.45, 7) is 11.0. The summed E-state index contributed by atoms with van der Waals surface area (Å²) < 4.78 is 24.3. The van der Waals surface area contributed by atoms with Crippen molar-refractivity contribution >= 4 is 11.8 Å². The van der Waals surface area contributed by atoms with Gasteiger partial charge in [0.25, 0.3) is 0 Å². The Morgan fingerprint density at radius 2 is 1.60 bits per heavy atom. The van der Waals surface area contributed by atoms with E-state index in [0.717, 1.165) is 44.9 Å². The van der Waals surface area contributed by atoms with E-state index in [-0.39, 0.29) is 17.0 Å². The van der Waals surface area contributed by atoms with E-state index in [1.54, 1.807) is 0 Å². The van der Waals surface area contributed by atoms with Crippen LogP contribution in [0.15, 0.2) is 47.4 Å². The van der Waals surface area contributed by atoms with Crippen molar-refractivity contribution in [1.29, 1.82) is 0 Å². The quantitative estimate of drug-likeness (QED) is 0.170. The third kappa shape index (κ3) is 4.38. The number of benzene rings is 1. The van der Waals surface area contributed by atoms with Crippen LogP contribution in [0.25, 0.3) is 0 Å². The van der Waals surface area contributed by atoms with Crippen LogP contribution in [0.4, 0.5) is 0 Å². The first-order valence-corrected chi connectivity index (χ1v) is 16.7. The Hall–Kier alpha value is -0.890. The molecule has 0 saturated heterocycles. The largest absolute Gasteiger partial charge is 0.384 e. The molecule has 1 aromatic carbocycles. The summed E-state index contributed by atoms with van der Waals surface area (Å²) in [6, 6.07) is 10.6. The Kier molecular flexibility index (Phi) is 8.02. The van der Waals surface area contributed by atoms with Gasteiger partial charge in [-0.3, -0.25) is 0 Å². The van der Waals surface area contributed by atoms with Gasteiger partial charge >= 0.3 is 0 Å². The van der Waals surface area contributed by atoms with Gasteiger partial charge in [0.05, 0.1) is 10.9 Å². The van der Waals surface area contributed by atoms with E-state index in [9.17, 15) is 5.11 Å². The second-order valence-corrected chi connectivity index (χ2v) is 15.1. The fraction of sp³-hybridized carbons (Fsp3) is 0.765. The van der Waals surface area contributed by atoms with E-state index >= 15 is 0 Å². The summed E-state index contributed by atoms with van der Waals surface area (Å²) in [5, 5.41) is 12.9. The lowest BCUT2D eigenvalue weighted by atomic mass is 9.42. The molecular weight excluding hydrogens is 520 g/mol. The van der Waals surface area contributed by atoms with Crippen LogP contribution in [0.1, 0.15) is 85.5 Å². The van der Waals surface area contributed by atoms with Crippen molar-refractivity contribution in [1.82, 2.24) is 0 Å². The Labute approximate surface area is 245 Å². The highest BCUT2D eigenvalue weighted by molar-refractivity contribution is 8.01. The van der Waals surface area contributed by atoms with Crippen molar-refractivity contribution in [3.8, 4) is 0 Å². The average Bonchev–Trinajstić information content (AvgIpc) is 3.70. The molecule has 222 valence electrons. The lowest BCUT2D eigenvalue weighted by Gasteiger charge is -2.66. The van der Waals surface area contributed by atoms with Gasteiger partial charge in [0.15, 0.2) is 0 Å². The van der Waals surface area contributed by atoms with Gasteiger partial charge in [-0.1, -0.05) is 44.2 Å². The summed E-state index contributed by atoms with van der Waals surface area (Å²) in [5.41, 5.74) is -1.59. The molecule has 1 unspecified atom stereocenters. The average molecular weight is 571 g/mol. The Balaban J connectivity index is 1.29. The summed E-state index contributed by atoms with van der Waals surface area (Å²) in [6.07, 6.45) is 14.7. The molecule has 5 aliphatic rings. The zero-order valence-corrected chi connectivity index (χ0v) is 25.8. The molecular formula is C34H50O5S. The van der Waals surface area contributed by atoms with Gasteiger partial charge in [-0.2, -0.15) is 0 Å². The first-order valence-electron chi connectivity index (χ1n) is 15.9. The summed E-state index contributed by atoms with van der Waals surface area (Å²) >= 11 is 1.88. The minimum atomic E-state index is -0.930. The smallest absolute Gasteiger partial charge is 0.147 e. The molecule has 0 bridgehead atoms. The van der Waals surface area contributed by atoms with Gasteiger partial charge in [-0.15, -0.1) is 11.8 Å². The molecule has 0 aliphatic heterocycles. The molecule has 8 atom stereocenters. The molecule has 0 heterocycles. The molecule has 0 amide bonds. The SMILES string of the molecule is CCOCO[C@H]1CC[C@@]2(C)[C@H](CC[C@@H]3[C@@H]2CC[C@]2(C)C(O)(C4(Sc5ccccc5)CC4)C=C[C@]32OCOCC)C1. The molecule has 5 aliphatic carbocycles. The fourth-order valence-corrected chi connectivity index (χ4v) is 11.1. The zero-order valence-electron chi connectivity index (χ0n) is 25.0. The number of hydrogen-bond acceptors (Lipinski definition) is 6. The number of thioether (sulfide) groups is 1. The van der Waals surface area contributed by atoms with E-state index in [4.69, 9.17) is 18.9 Å². The molecule has 0 radical (unpaired) electrons. The van der Waals surface area contributed by atoms with Crippen LogP contribution in [-0.4, -0.2) is 54.0 Å². The zero-order chi connectivity index (χ0) is 28.1. The van der Waals surface area contributed by atoms with E-state index in [0.29, 0.717) is 43.9 Å². The van der Waals surface area contributed by atoms with Crippen LogP contribution in [0.5, 0.6) is 0 Å². The third-order valence-corrected chi connectivity index (χ3v) is 13.7. The highest BCUT2D eigenvalue weighted by atomic mass is 32.2. The van der Waals surface area contributed by atoms with Crippen LogP contribution in [0.3, 0.4) is 0 Å².